The number of amides is 3. The molecule has 13 heteroatoms. The van der Waals surface area contributed by atoms with Crippen molar-refractivity contribution >= 4 is 23.4 Å². The van der Waals surface area contributed by atoms with E-state index in [2.05, 4.69) is 5.10 Å². The molecule has 5 rings (SSSR count). The van der Waals surface area contributed by atoms with E-state index in [1.807, 2.05) is 0 Å². The Morgan fingerprint density at radius 2 is 1.79 bits per heavy atom. The average Bonchev–Trinajstić information content (AvgIpc) is 3.62. The van der Waals surface area contributed by atoms with Gasteiger partial charge in [-0.1, -0.05) is 0 Å². The third-order valence-electron chi connectivity index (χ3n) is 7.78. The second-order valence-electron chi connectivity index (χ2n) is 10.7. The fourth-order valence-corrected chi connectivity index (χ4v) is 5.67. The molecule has 0 saturated carbocycles. The van der Waals surface area contributed by atoms with Crippen molar-refractivity contribution in [2.24, 2.45) is 0 Å². The number of likely N-dealkylation sites (tertiary alicyclic amines) is 1. The lowest BCUT2D eigenvalue weighted by Gasteiger charge is -2.29. The van der Waals surface area contributed by atoms with Gasteiger partial charge in [-0.05, 0) is 61.7 Å². The average molecular weight is 600 g/mol. The third kappa shape index (κ3) is 5.56. The van der Waals surface area contributed by atoms with Gasteiger partial charge in [0, 0.05) is 51.1 Å². The molecule has 2 aliphatic rings. The van der Waals surface area contributed by atoms with Crippen molar-refractivity contribution in [3.05, 3.63) is 70.5 Å². The van der Waals surface area contributed by atoms with E-state index in [4.69, 9.17) is 9.47 Å². The predicted molar refractivity (Wildman–Crippen MR) is 151 cm³/mol. The zero-order valence-electron chi connectivity index (χ0n) is 24.3. The van der Waals surface area contributed by atoms with Gasteiger partial charge in [-0.2, -0.15) is 18.3 Å². The second kappa shape index (κ2) is 11.7. The summed E-state index contributed by atoms with van der Waals surface area (Å²) < 4.78 is 54.3. The van der Waals surface area contributed by atoms with Gasteiger partial charge >= 0.3 is 6.18 Å². The molecule has 0 spiro atoms. The largest absolute Gasteiger partial charge is 0.497 e. The molecule has 1 fully saturated rings. The van der Waals surface area contributed by atoms with Crippen LogP contribution in [0.1, 0.15) is 55.3 Å². The van der Waals surface area contributed by atoms with E-state index < -0.39 is 23.7 Å². The minimum atomic E-state index is -4.83. The van der Waals surface area contributed by atoms with E-state index >= 15 is 0 Å². The number of halogens is 3. The maximum atomic E-state index is 14.3. The maximum Gasteiger partial charge on any atom is 0.435 e. The van der Waals surface area contributed by atoms with Crippen LogP contribution < -0.4 is 9.64 Å². The first-order valence-corrected chi connectivity index (χ1v) is 13.8. The summed E-state index contributed by atoms with van der Waals surface area (Å²) in [6.45, 7) is 0.739. The van der Waals surface area contributed by atoms with Crippen molar-refractivity contribution in [3.8, 4) is 11.4 Å². The first-order chi connectivity index (χ1) is 20.5. The van der Waals surface area contributed by atoms with Crippen molar-refractivity contribution in [2.45, 2.75) is 31.5 Å². The molecule has 43 heavy (non-hydrogen) atoms. The molecule has 0 N–H and O–H groups in total. The molecule has 10 nitrogen and oxygen atoms in total. The molecule has 1 saturated heterocycles. The zero-order valence-corrected chi connectivity index (χ0v) is 24.3. The fourth-order valence-electron chi connectivity index (χ4n) is 5.67. The Balaban J connectivity index is 1.62. The summed E-state index contributed by atoms with van der Waals surface area (Å²) in [5, 5.41) is 3.91. The Morgan fingerprint density at radius 1 is 1.07 bits per heavy atom. The van der Waals surface area contributed by atoms with Crippen molar-refractivity contribution in [2.75, 3.05) is 52.9 Å². The number of hydrogen-bond acceptors (Lipinski definition) is 6. The maximum absolute atomic E-state index is 14.3. The molecule has 1 aromatic heterocycles. The number of ether oxygens (including phenoxy) is 2. The second-order valence-corrected chi connectivity index (χ2v) is 10.7. The minimum Gasteiger partial charge on any atom is -0.497 e. The topological polar surface area (TPSA) is 97.2 Å². The molecule has 3 amide bonds. The molecule has 2 aromatic carbocycles. The van der Waals surface area contributed by atoms with Crippen molar-refractivity contribution in [3.63, 3.8) is 0 Å². The predicted octanol–water partition coefficient (Wildman–Crippen LogP) is 4.06. The van der Waals surface area contributed by atoms with Gasteiger partial charge in [-0.15, -0.1) is 0 Å². The highest BCUT2D eigenvalue weighted by atomic mass is 19.4. The van der Waals surface area contributed by atoms with Crippen LogP contribution in [0.5, 0.6) is 5.75 Å². The summed E-state index contributed by atoms with van der Waals surface area (Å²) in [4.78, 5) is 44.6. The molecular formula is C30H32F3N5O5. The Bertz CT molecular complexity index is 1550. The highest BCUT2D eigenvalue weighted by Crippen LogP contribution is 2.38. The standard InChI is InChI=1S/C30H32F3N5O5/c1-35(2)27(39)18-7-9-19(10-8-18)37-15-13-22-25(29(37)41)38(34-26(22)30(31,32)33)24-12-11-21(43-4)16-23(24)28(40)36-14-5-6-20(36)17-42-3/h7-12,16,20H,5-6,13-15,17H2,1-4H3/t20-/m0/s1. The molecule has 0 radical (unpaired) electrons. The monoisotopic (exact) mass is 599 g/mol. The van der Waals surface area contributed by atoms with E-state index in [1.165, 1.54) is 42.2 Å². The van der Waals surface area contributed by atoms with Gasteiger partial charge in [-0.25, -0.2) is 4.68 Å². The van der Waals surface area contributed by atoms with E-state index in [0.29, 0.717) is 30.2 Å². The molecule has 3 aromatic rings. The van der Waals surface area contributed by atoms with E-state index in [-0.39, 0.29) is 47.4 Å². The van der Waals surface area contributed by atoms with Gasteiger partial charge in [-0.3, -0.25) is 14.4 Å². The third-order valence-corrected chi connectivity index (χ3v) is 7.78. The van der Waals surface area contributed by atoms with Crippen molar-refractivity contribution < 1.29 is 37.0 Å². The van der Waals surface area contributed by atoms with Crippen LogP contribution in [0.25, 0.3) is 5.69 Å². The number of fused-ring (bicyclic) bond motifs is 1. The Hall–Kier alpha value is -4.39. The van der Waals surface area contributed by atoms with E-state index in [9.17, 15) is 27.6 Å². The lowest BCUT2D eigenvalue weighted by molar-refractivity contribution is -0.141. The van der Waals surface area contributed by atoms with Crippen molar-refractivity contribution in [1.82, 2.24) is 19.6 Å². The number of hydrogen-bond donors (Lipinski definition) is 0. The number of rotatable bonds is 7. The fraction of sp³-hybridized carbons (Fsp3) is 0.400. The van der Waals surface area contributed by atoms with Crippen LogP contribution in [0.2, 0.25) is 0 Å². The lowest BCUT2D eigenvalue weighted by atomic mass is 10.0. The van der Waals surface area contributed by atoms with Crippen molar-refractivity contribution in [1.29, 1.82) is 0 Å². The van der Waals surface area contributed by atoms with Gasteiger partial charge in [0.15, 0.2) is 5.69 Å². The molecule has 0 unspecified atom stereocenters. The van der Waals surface area contributed by atoms with Crippen LogP contribution in [0.15, 0.2) is 42.5 Å². The molecule has 0 bridgehead atoms. The van der Waals surface area contributed by atoms with Crippen LogP contribution in [0, 0.1) is 0 Å². The first-order valence-electron chi connectivity index (χ1n) is 13.8. The molecular weight excluding hydrogens is 567 g/mol. The van der Waals surface area contributed by atoms with E-state index in [0.717, 1.165) is 17.5 Å². The minimum absolute atomic E-state index is 0.0253. The Labute approximate surface area is 246 Å². The van der Waals surface area contributed by atoms with Gasteiger partial charge in [0.1, 0.15) is 11.4 Å². The Kier molecular flexibility index (Phi) is 8.19. The number of carbonyl (C=O) groups excluding carboxylic acids is 3. The SMILES string of the molecule is COC[C@@H]1CCCN1C(=O)c1cc(OC)ccc1-n1nc(C(F)(F)F)c2c1C(=O)N(c1ccc(C(=O)N(C)C)cc1)CC2. The molecule has 2 aliphatic heterocycles. The molecule has 3 heterocycles. The van der Waals surface area contributed by atoms with Crippen LogP contribution >= 0.6 is 0 Å². The Morgan fingerprint density at radius 3 is 2.42 bits per heavy atom. The molecule has 0 aliphatic carbocycles. The van der Waals surface area contributed by atoms with Crippen LogP contribution in [0.4, 0.5) is 18.9 Å². The van der Waals surface area contributed by atoms with Crippen LogP contribution in [0.3, 0.4) is 0 Å². The van der Waals surface area contributed by atoms with Crippen LogP contribution in [-0.2, 0) is 17.3 Å². The summed E-state index contributed by atoms with van der Waals surface area (Å²) in [5.41, 5.74) is -0.784. The highest BCUT2D eigenvalue weighted by Gasteiger charge is 2.44. The smallest absolute Gasteiger partial charge is 0.435 e. The first kappa shape index (κ1) is 30.1. The molecule has 1 atom stereocenters. The van der Waals surface area contributed by atoms with Gasteiger partial charge in [0.2, 0.25) is 0 Å². The molecule has 228 valence electrons. The summed E-state index contributed by atoms with van der Waals surface area (Å²) in [6.07, 6.45) is -3.47. The van der Waals surface area contributed by atoms with E-state index in [1.54, 1.807) is 43.3 Å². The summed E-state index contributed by atoms with van der Waals surface area (Å²) >= 11 is 0. The number of alkyl halides is 3. The number of methoxy groups -OCH3 is 2. The number of benzene rings is 2. The number of carbonyl (C=O) groups is 3. The highest BCUT2D eigenvalue weighted by molar-refractivity contribution is 6.08. The quantitative estimate of drug-likeness (QED) is 0.407. The van der Waals surface area contributed by atoms with Gasteiger partial charge in [0.25, 0.3) is 17.7 Å². The van der Waals surface area contributed by atoms with Crippen LogP contribution in [-0.4, -0.2) is 91.4 Å². The zero-order chi connectivity index (χ0) is 31.1. The summed E-state index contributed by atoms with van der Waals surface area (Å²) in [6, 6.07) is 10.5. The number of anilines is 1. The summed E-state index contributed by atoms with van der Waals surface area (Å²) in [7, 11) is 6.19. The lowest BCUT2D eigenvalue weighted by Crippen LogP contribution is -2.40. The normalized spacial score (nSPS) is 16.8. The summed E-state index contributed by atoms with van der Waals surface area (Å²) in [5.74, 6) is -1.03. The van der Waals surface area contributed by atoms with Gasteiger partial charge in [0.05, 0.1) is 31.0 Å². The number of nitrogens with zero attached hydrogens (tertiary/aromatic N) is 5. The number of aromatic nitrogens is 2. The van der Waals surface area contributed by atoms with Gasteiger partial charge < -0.3 is 24.2 Å².